The number of pyridine rings is 2. The fourth-order valence-corrected chi connectivity index (χ4v) is 2.95. The average Bonchev–Trinajstić information content (AvgIpc) is 3.16. The first-order chi connectivity index (χ1) is 12.4. The maximum atomic E-state index is 6.23. The Kier molecular flexibility index (Phi) is 3.97. The van der Waals surface area contributed by atoms with Gasteiger partial charge in [0.2, 0.25) is 0 Å². The van der Waals surface area contributed by atoms with Crippen molar-refractivity contribution in [2.45, 2.75) is 38.9 Å². The van der Waals surface area contributed by atoms with Crippen molar-refractivity contribution in [3.63, 3.8) is 0 Å². The highest BCUT2D eigenvalue weighted by Gasteiger charge is 2.53. The minimum Gasteiger partial charge on any atom is -0.464 e. The molecule has 0 spiro atoms. The quantitative estimate of drug-likeness (QED) is 0.676. The van der Waals surface area contributed by atoms with Gasteiger partial charge in [-0.25, -0.2) is 0 Å². The van der Waals surface area contributed by atoms with Crippen LogP contribution in [0, 0.1) is 0 Å². The molecule has 1 aliphatic rings. The largest absolute Gasteiger partial charge is 0.532 e. The van der Waals surface area contributed by atoms with Crippen LogP contribution in [0.4, 0.5) is 0 Å². The van der Waals surface area contributed by atoms with Crippen LogP contribution < -0.4 is 5.66 Å². The van der Waals surface area contributed by atoms with Crippen molar-refractivity contribution < 1.29 is 13.7 Å². The second-order valence-corrected chi connectivity index (χ2v) is 7.45. The van der Waals surface area contributed by atoms with E-state index in [9.17, 15) is 0 Å². The summed E-state index contributed by atoms with van der Waals surface area (Å²) in [7, 11) is -0.545. The molecule has 4 rings (SSSR count). The van der Waals surface area contributed by atoms with Crippen LogP contribution in [0.5, 0.6) is 0 Å². The number of nitrogens with zero attached hydrogens (tertiary/aromatic N) is 2. The summed E-state index contributed by atoms with van der Waals surface area (Å²) in [5, 5.41) is 0. The van der Waals surface area contributed by atoms with Gasteiger partial charge in [-0.15, -0.1) is 0 Å². The van der Waals surface area contributed by atoms with Crippen molar-refractivity contribution in [2.24, 2.45) is 0 Å². The highest BCUT2D eigenvalue weighted by Crippen LogP contribution is 2.38. The van der Waals surface area contributed by atoms with Crippen LogP contribution in [0.25, 0.3) is 22.5 Å². The van der Waals surface area contributed by atoms with Crippen LogP contribution >= 0.6 is 0 Å². The normalized spacial score (nSPS) is 18.2. The first kappa shape index (κ1) is 17.0. The third-order valence-corrected chi connectivity index (χ3v) is 5.17. The molecule has 0 unspecified atom stereocenters. The second kappa shape index (κ2) is 6.07. The lowest BCUT2D eigenvalue weighted by Crippen LogP contribution is -2.41. The van der Waals surface area contributed by atoms with E-state index in [2.05, 4.69) is 9.97 Å². The smallest absolute Gasteiger partial charge is 0.464 e. The lowest BCUT2D eigenvalue weighted by Gasteiger charge is -2.32. The molecule has 3 aromatic heterocycles. The van der Waals surface area contributed by atoms with E-state index in [0.717, 1.165) is 22.5 Å². The summed E-state index contributed by atoms with van der Waals surface area (Å²) in [6.07, 6.45) is 7.05. The topological polar surface area (TPSA) is 57.4 Å². The minimum absolute atomic E-state index is 0.419. The maximum absolute atomic E-state index is 6.23. The zero-order chi connectivity index (χ0) is 18.4. The van der Waals surface area contributed by atoms with E-state index >= 15 is 0 Å². The van der Waals surface area contributed by atoms with E-state index < -0.39 is 18.3 Å². The van der Waals surface area contributed by atoms with Crippen LogP contribution in [0.3, 0.4) is 0 Å². The molecule has 0 bridgehead atoms. The standard InChI is InChI=1S/C20H21BN2O3/c1-19(2)20(3,4)26-21(25-19)17-13-16(14-5-9-22-10-6-14)18(24-17)15-7-11-23-12-8-15/h5-13H,1-4H3. The molecule has 6 heteroatoms. The summed E-state index contributed by atoms with van der Waals surface area (Å²) in [4.78, 5) is 8.20. The van der Waals surface area contributed by atoms with Gasteiger partial charge in [-0.05, 0) is 63.6 Å². The fraction of sp³-hybridized carbons (Fsp3) is 0.300. The average molecular weight is 348 g/mol. The zero-order valence-electron chi connectivity index (χ0n) is 15.4. The molecule has 5 nitrogen and oxygen atoms in total. The van der Waals surface area contributed by atoms with Crippen LogP contribution in [0.1, 0.15) is 27.7 Å². The first-order valence-corrected chi connectivity index (χ1v) is 8.67. The summed E-state index contributed by atoms with van der Waals surface area (Å²) < 4.78 is 18.5. The van der Waals surface area contributed by atoms with Gasteiger partial charge in [0.15, 0.2) is 0 Å². The molecule has 4 heterocycles. The molecule has 26 heavy (non-hydrogen) atoms. The molecule has 0 saturated carbocycles. The fourth-order valence-electron chi connectivity index (χ4n) is 2.95. The van der Waals surface area contributed by atoms with Gasteiger partial charge in [0, 0.05) is 35.9 Å². The molecule has 0 radical (unpaired) electrons. The van der Waals surface area contributed by atoms with Gasteiger partial charge in [0.1, 0.15) is 11.4 Å². The maximum Gasteiger partial charge on any atom is 0.532 e. The Hall–Kier alpha value is -2.44. The molecule has 1 fully saturated rings. The van der Waals surface area contributed by atoms with Gasteiger partial charge >= 0.3 is 7.12 Å². The monoisotopic (exact) mass is 348 g/mol. The van der Waals surface area contributed by atoms with Crippen molar-refractivity contribution >= 4 is 12.8 Å². The van der Waals surface area contributed by atoms with Gasteiger partial charge in [0.05, 0.1) is 11.2 Å². The third kappa shape index (κ3) is 2.85. The number of hydrogen-bond donors (Lipinski definition) is 0. The van der Waals surface area contributed by atoms with Crippen molar-refractivity contribution in [1.29, 1.82) is 0 Å². The summed E-state index contributed by atoms with van der Waals surface area (Å²) in [6.45, 7) is 8.12. The van der Waals surface area contributed by atoms with Crippen LogP contribution in [0.15, 0.2) is 59.5 Å². The Morgan fingerprint density at radius 1 is 0.769 bits per heavy atom. The lowest BCUT2D eigenvalue weighted by molar-refractivity contribution is 0.00578. The molecule has 0 aliphatic carbocycles. The van der Waals surface area contributed by atoms with E-state index in [-0.39, 0.29) is 0 Å². The molecule has 0 amide bonds. The summed E-state index contributed by atoms with van der Waals surface area (Å²) in [5.41, 5.74) is 2.77. The Labute approximate surface area is 153 Å². The number of aromatic nitrogens is 2. The van der Waals surface area contributed by atoms with Crippen LogP contribution in [-0.4, -0.2) is 28.3 Å². The number of rotatable bonds is 3. The predicted molar refractivity (Wildman–Crippen MR) is 101 cm³/mol. The lowest BCUT2D eigenvalue weighted by atomic mass is 9.85. The van der Waals surface area contributed by atoms with E-state index in [1.54, 1.807) is 24.8 Å². The van der Waals surface area contributed by atoms with Crippen molar-refractivity contribution in [3.8, 4) is 22.5 Å². The number of hydrogen-bond acceptors (Lipinski definition) is 5. The van der Waals surface area contributed by atoms with Crippen LogP contribution in [-0.2, 0) is 9.31 Å². The van der Waals surface area contributed by atoms with Gasteiger partial charge < -0.3 is 13.7 Å². The van der Waals surface area contributed by atoms with E-state index in [1.165, 1.54) is 0 Å². The van der Waals surface area contributed by atoms with Crippen molar-refractivity contribution in [3.05, 3.63) is 55.1 Å². The molecule has 0 atom stereocenters. The summed E-state index contributed by atoms with van der Waals surface area (Å²) in [6, 6.07) is 9.77. The van der Waals surface area contributed by atoms with E-state index in [0.29, 0.717) is 5.66 Å². The highest BCUT2D eigenvalue weighted by atomic mass is 16.7. The van der Waals surface area contributed by atoms with Gasteiger partial charge in [-0.2, -0.15) is 0 Å². The number of furan rings is 1. The minimum atomic E-state index is -0.545. The highest BCUT2D eigenvalue weighted by molar-refractivity contribution is 6.60. The van der Waals surface area contributed by atoms with Gasteiger partial charge in [-0.3, -0.25) is 9.97 Å². The molecule has 1 aliphatic heterocycles. The molecule has 132 valence electrons. The second-order valence-electron chi connectivity index (χ2n) is 7.45. The predicted octanol–water partition coefficient (Wildman–Crippen LogP) is 3.70. The molecular weight excluding hydrogens is 327 g/mol. The Morgan fingerprint density at radius 2 is 1.27 bits per heavy atom. The van der Waals surface area contributed by atoms with Gasteiger partial charge in [0.25, 0.3) is 0 Å². The molecule has 0 aromatic carbocycles. The van der Waals surface area contributed by atoms with E-state index in [4.69, 9.17) is 13.7 Å². The summed E-state index contributed by atoms with van der Waals surface area (Å²) in [5.74, 6) is 0.767. The Morgan fingerprint density at radius 3 is 1.81 bits per heavy atom. The van der Waals surface area contributed by atoms with Crippen molar-refractivity contribution in [1.82, 2.24) is 9.97 Å². The zero-order valence-corrected chi connectivity index (χ0v) is 15.4. The Balaban J connectivity index is 1.80. The summed E-state index contributed by atoms with van der Waals surface area (Å²) >= 11 is 0. The van der Waals surface area contributed by atoms with Crippen LogP contribution in [0.2, 0.25) is 0 Å². The first-order valence-electron chi connectivity index (χ1n) is 8.67. The van der Waals surface area contributed by atoms with E-state index in [1.807, 2.05) is 58.0 Å². The SMILES string of the molecule is CC1(C)OB(c2cc(-c3ccncc3)c(-c3ccncc3)o2)OC1(C)C. The molecule has 0 N–H and O–H groups in total. The van der Waals surface area contributed by atoms with Gasteiger partial charge in [-0.1, -0.05) is 0 Å². The Bertz CT molecular complexity index is 834. The molecule has 3 aromatic rings. The third-order valence-electron chi connectivity index (χ3n) is 5.17. The van der Waals surface area contributed by atoms with Crippen molar-refractivity contribution in [2.75, 3.05) is 0 Å². The molecule has 1 saturated heterocycles. The molecular formula is C20H21BN2O3.